The zero-order valence-corrected chi connectivity index (χ0v) is 13.3. The summed E-state index contributed by atoms with van der Waals surface area (Å²) in [5.41, 5.74) is 0.919. The molecule has 24 heavy (non-hydrogen) atoms. The SMILES string of the molecule is O=C(CCCCCNc1ncccn1)Nc1n[nH]c2ccccc12. The third-order valence-corrected chi connectivity index (χ3v) is 3.66. The Morgan fingerprint density at radius 2 is 1.88 bits per heavy atom. The van der Waals surface area contributed by atoms with Crippen molar-refractivity contribution in [2.45, 2.75) is 25.7 Å². The normalized spacial score (nSPS) is 10.7. The number of carbonyl (C=O) groups excluding carboxylic acids is 1. The first-order valence-electron chi connectivity index (χ1n) is 8.07. The van der Waals surface area contributed by atoms with Crippen LogP contribution in [0.25, 0.3) is 10.9 Å². The molecule has 0 spiro atoms. The molecule has 1 aromatic carbocycles. The lowest BCUT2D eigenvalue weighted by Crippen LogP contribution is -2.12. The third kappa shape index (κ3) is 4.28. The number of aromatic amines is 1. The fourth-order valence-electron chi connectivity index (χ4n) is 2.43. The van der Waals surface area contributed by atoms with Crippen molar-refractivity contribution in [1.82, 2.24) is 20.2 Å². The number of aromatic nitrogens is 4. The first kappa shape index (κ1) is 15.9. The van der Waals surface area contributed by atoms with Crippen LogP contribution < -0.4 is 10.6 Å². The van der Waals surface area contributed by atoms with Gasteiger partial charge < -0.3 is 10.6 Å². The molecule has 124 valence electrons. The van der Waals surface area contributed by atoms with E-state index in [0.29, 0.717) is 18.2 Å². The van der Waals surface area contributed by atoms with Gasteiger partial charge in [-0.3, -0.25) is 9.89 Å². The molecule has 2 heterocycles. The summed E-state index contributed by atoms with van der Waals surface area (Å²) in [5, 5.41) is 14.0. The number of fused-ring (bicyclic) bond motifs is 1. The van der Waals surface area contributed by atoms with Crippen molar-refractivity contribution in [3.8, 4) is 0 Å². The Kier molecular flexibility index (Phi) is 5.34. The van der Waals surface area contributed by atoms with Gasteiger partial charge in [-0.25, -0.2) is 9.97 Å². The van der Waals surface area contributed by atoms with Gasteiger partial charge in [0.15, 0.2) is 5.82 Å². The maximum atomic E-state index is 12.0. The van der Waals surface area contributed by atoms with Crippen molar-refractivity contribution in [3.63, 3.8) is 0 Å². The molecule has 0 atom stereocenters. The van der Waals surface area contributed by atoms with E-state index in [1.165, 1.54) is 0 Å². The summed E-state index contributed by atoms with van der Waals surface area (Å²) in [6.07, 6.45) is 6.68. The van der Waals surface area contributed by atoms with E-state index in [1.54, 1.807) is 18.5 Å². The molecule has 3 rings (SSSR count). The van der Waals surface area contributed by atoms with Gasteiger partial charge in [-0.05, 0) is 31.0 Å². The number of nitrogens with zero attached hydrogens (tertiary/aromatic N) is 3. The lowest BCUT2D eigenvalue weighted by molar-refractivity contribution is -0.116. The van der Waals surface area contributed by atoms with Crippen molar-refractivity contribution in [2.24, 2.45) is 0 Å². The second-order valence-corrected chi connectivity index (χ2v) is 5.48. The predicted molar refractivity (Wildman–Crippen MR) is 93.7 cm³/mol. The summed E-state index contributed by atoms with van der Waals surface area (Å²) < 4.78 is 0. The lowest BCUT2D eigenvalue weighted by atomic mass is 10.2. The van der Waals surface area contributed by atoms with Gasteiger partial charge in [0.05, 0.1) is 5.52 Å². The van der Waals surface area contributed by atoms with Gasteiger partial charge in [0.1, 0.15) is 0 Å². The summed E-state index contributed by atoms with van der Waals surface area (Å²) in [4.78, 5) is 20.2. The molecule has 0 radical (unpaired) electrons. The van der Waals surface area contributed by atoms with Crippen molar-refractivity contribution in [1.29, 1.82) is 0 Å². The van der Waals surface area contributed by atoms with E-state index in [4.69, 9.17) is 0 Å². The quantitative estimate of drug-likeness (QED) is 0.554. The smallest absolute Gasteiger partial charge is 0.225 e. The number of rotatable bonds is 8. The first-order chi connectivity index (χ1) is 11.8. The number of para-hydroxylation sites is 1. The Bertz CT molecular complexity index is 786. The molecule has 0 aliphatic heterocycles. The van der Waals surface area contributed by atoms with Crippen molar-refractivity contribution in [2.75, 3.05) is 17.2 Å². The van der Waals surface area contributed by atoms with E-state index in [9.17, 15) is 4.79 Å². The minimum atomic E-state index is -0.00777. The number of hydrogen-bond acceptors (Lipinski definition) is 5. The number of hydrogen-bond donors (Lipinski definition) is 3. The fourth-order valence-corrected chi connectivity index (χ4v) is 2.43. The van der Waals surface area contributed by atoms with Crippen LogP contribution in [0.2, 0.25) is 0 Å². The number of amides is 1. The molecule has 0 saturated carbocycles. The van der Waals surface area contributed by atoms with Gasteiger partial charge in [0, 0.05) is 30.7 Å². The van der Waals surface area contributed by atoms with Crippen LogP contribution in [-0.2, 0) is 4.79 Å². The van der Waals surface area contributed by atoms with E-state index in [1.807, 2.05) is 24.3 Å². The maximum absolute atomic E-state index is 12.0. The zero-order valence-electron chi connectivity index (χ0n) is 13.3. The van der Waals surface area contributed by atoms with E-state index in [0.717, 1.165) is 36.7 Å². The number of H-pyrrole nitrogens is 1. The standard InChI is InChI=1S/C17H20N6O/c24-15(21-16-13-7-3-4-8-14(13)22-23-16)9-2-1-5-10-18-17-19-11-6-12-20-17/h3-4,6-8,11-12H,1-2,5,9-10H2,(H,18,19,20)(H2,21,22,23,24). The summed E-state index contributed by atoms with van der Waals surface area (Å²) >= 11 is 0. The van der Waals surface area contributed by atoms with Gasteiger partial charge in [0.2, 0.25) is 11.9 Å². The topological polar surface area (TPSA) is 95.6 Å². The van der Waals surface area contributed by atoms with E-state index < -0.39 is 0 Å². The van der Waals surface area contributed by atoms with Gasteiger partial charge in [0.25, 0.3) is 0 Å². The van der Waals surface area contributed by atoms with E-state index >= 15 is 0 Å². The van der Waals surface area contributed by atoms with Crippen LogP contribution in [0.4, 0.5) is 11.8 Å². The average molecular weight is 324 g/mol. The summed E-state index contributed by atoms with van der Waals surface area (Å²) in [6, 6.07) is 9.51. The van der Waals surface area contributed by atoms with Crippen molar-refractivity contribution in [3.05, 3.63) is 42.7 Å². The van der Waals surface area contributed by atoms with Crippen LogP contribution in [0.1, 0.15) is 25.7 Å². The molecule has 0 bridgehead atoms. The molecule has 7 nitrogen and oxygen atoms in total. The van der Waals surface area contributed by atoms with Gasteiger partial charge in [-0.1, -0.05) is 18.6 Å². The number of nitrogens with one attached hydrogen (secondary N) is 3. The van der Waals surface area contributed by atoms with Crippen LogP contribution in [-0.4, -0.2) is 32.6 Å². The average Bonchev–Trinajstić information content (AvgIpc) is 3.02. The molecule has 7 heteroatoms. The number of anilines is 2. The van der Waals surface area contributed by atoms with Crippen LogP contribution in [0.5, 0.6) is 0 Å². The molecule has 0 aliphatic rings. The Hall–Kier alpha value is -2.96. The zero-order chi connectivity index (χ0) is 16.6. The molecule has 3 aromatic rings. The summed E-state index contributed by atoms with van der Waals surface area (Å²) in [6.45, 7) is 0.801. The summed E-state index contributed by atoms with van der Waals surface area (Å²) in [5.74, 6) is 1.23. The minimum Gasteiger partial charge on any atom is -0.354 e. The lowest BCUT2D eigenvalue weighted by Gasteiger charge is -2.04. The van der Waals surface area contributed by atoms with Gasteiger partial charge >= 0.3 is 0 Å². The highest BCUT2D eigenvalue weighted by atomic mass is 16.1. The van der Waals surface area contributed by atoms with Crippen molar-refractivity contribution < 1.29 is 4.79 Å². The van der Waals surface area contributed by atoms with E-state index in [2.05, 4.69) is 30.8 Å². The van der Waals surface area contributed by atoms with Crippen LogP contribution in [0, 0.1) is 0 Å². The molecule has 1 amide bonds. The molecule has 3 N–H and O–H groups in total. The molecule has 0 saturated heterocycles. The second kappa shape index (κ2) is 8.05. The molecule has 0 unspecified atom stereocenters. The third-order valence-electron chi connectivity index (χ3n) is 3.66. The van der Waals surface area contributed by atoms with Gasteiger partial charge in [-0.2, -0.15) is 5.10 Å². The summed E-state index contributed by atoms with van der Waals surface area (Å²) in [7, 11) is 0. The number of unbranched alkanes of at least 4 members (excludes halogenated alkanes) is 2. The Balaban J connectivity index is 1.34. The maximum Gasteiger partial charge on any atom is 0.225 e. The monoisotopic (exact) mass is 324 g/mol. The molecule has 0 fully saturated rings. The van der Waals surface area contributed by atoms with Gasteiger partial charge in [-0.15, -0.1) is 0 Å². The largest absolute Gasteiger partial charge is 0.354 e. The minimum absolute atomic E-state index is 0.00777. The highest BCUT2D eigenvalue weighted by molar-refractivity contribution is 5.99. The predicted octanol–water partition coefficient (Wildman–Crippen LogP) is 2.96. The Labute approximate surface area is 139 Å². The van der Waals surface area contributed by atoms with Crippen LogP contribution in [0.3, 0.4) is 0 Å². The van der Waals surface area contributed by atoms with Crippen LogP contribution >= 0.6 is 0 Å². The van der Waals surface area contributed by atoms with Crippen LogP contribution in [0.15, 0.2) is 42.7 Å². The second-order valence-electron chi connectivity index (χ2n) is 5.48. The fraction of sp³-hybridized carbons (Fsp3) is 0.294. The molecular weight excluding hydrogens is 304 g/mol. The molecule has 0 aliphatic carbocycles. The first-order valence-corrected chi connectivity index (χ1v) is 8.07. The Morgan fingerprint density at radius 3 is 2.75 bits per heavy atom. The number of benzene rings is 1. The molecule has 2 aromatic heterocycles. The number of carbonyl (C=O) groups is 1. The molecular formula is C17H20N6O. The highest BCUT2D eigenvalue weighted by Crippen LogP contribution is 2.19. The van der Waals surface area contributed by atoms with E-state index in [-0.39, 0.29) is 5.91 Å². The highest BCUT2D eigenvalue weighted by Gasteiger charge is 2.08. The Morgan fingerprint density at radius 1 is 1.04 bits per heavy atom. The van der Waals surface area contributed by atoms with Crippen molar-refractivity contribution >= 4 is 28.6 Å².